The van der Waals surface area contributed by atoms with Crippen molar-refractivity contribution in [2.75, 3.05) is 23.4 Å². The first kappa shape index (κ1) is 13.1. The first-order valence-electron chi connectivity index (χ1n) is 6.85. The number of rotatable bonds is 5. The van der Waals surface area contributed by atoms with Gasteiger partial charge in [-0.3, -0.25) is 0 Å². The van der Waals surface area contributed by atoms with Gasteiger partial charge in [0, 0.05) is 18.7 Å². The van der Waals surface area contributed by atoms with E-state index in [0.29, 0.717) is 0 Å². The number of hydrogen-bond donors (Lipinski definition) is 2. The van der Waals surface area contributed by atoms with Crippen molar-refractivity contribution in [3.8, 4) is 0 Å². The highest BCUT2D eigenvalue weighted by atomic mass is 15.3. The highest BCUT2D eigenvalue weighted by Crippen LogP contribution is 2.29. The average Bonchev–Trinajstić information content (AvgIpc) is 2.86. The molecular weight excluding hydrogens is 226 g/mol. The Morgan fingerprint density at radius 2 is 2.28 bits per heavy atom. The fourth-order valence-electron chi connectivity index (χ4n) is 2.79. The van der Waals surface area contributed by atoms with Gasteiger partial charge in [0.05, 0.1) is 0 Å². The molecule has 0 saturated carbocycles. The van der Waals surface area contributed by atoms with Gasteiger partial charge in [-0.05, 0) is 25.2 Å². The molecule has 1 aliphatic heterocycles. The van der Waals surface area contributed by atoms with Crippen LogP contribution in [-0.2, 0) is 6.42 Å². The molecule has 1 aromatic heterocycles. The maximum Gasteiger partial charge on any atom is 0.148 e. The highest BCUT2D eigenvalue weighted by molar-refractivity contribution is 5.58. The van der Waals surface area contributed by atoms with Gasteiger partial charge >= 0.3 is 0 Å². The highest BCUT2D eigenvalue weighted by Gasteiger charge is 2.25. The van der Waals surface area contributed by atoms with Crippen molar-refractivity contribution in [3.05, 3.63) is 11.9 Å². The lowest BCUT2D eigenvalue weighted by atomic mass is 10.0. The van der Waals surface area contributed by atoms with Crippen LogP contribution in [0.15, 0.2) is 6.33 Å². The Hall–Kier alpha value is -1.36. The van der Waals surface area contributed by atoms with Crippen LogP contribution in [0.1, 0.15) is 38.7 Å². The smallest absolute Gasteiger partial charge is 0.148 e. The molecular formula is C13H23N5. The molecule has 1 atom stereocenters. The third-order valence-electron chi connectivity index (χ3n) is 3.70. The molecule has 18 heavy (non-hydrogen) atoms. The van der Waals surface area contributed by atoms with Gasteiger partial charge < -0.3 is 10.3 Å². The summed E-state index contributed by atoms with van der Waals surface area (Å²) in [6, 6.07) is 0. The molecule has 5 heteroatoms. The van der Waals surface area contributed by atoms with Gasteiger partial charge in [-0.2, -0.15) is 0 Å². The van der Waals surface area contributed by atoms with Crippen LogP contribution >= 0.6 is 0 Å². The molecule has 0 aromatic carbocycles. The van der Waals surface area contributed by atoms with Gasteiger partial charge in [0.15, 0.2) is 0 Å². The monoisotopic (exact) mass is 249 g/mol. The van der Waals surface area contributed by atoms with Crippen molar-refractivity contribution in [3.63, 3.8) is 0 Å². The van der Waals surface area contributed by atoms with Crippen LogP contribution in [0, 0.1) is 5.92 Å². The Kier molecular flexibility index (Phi) is 4.36. The summed E-state index contributed by atoms with van der Waals surface area (Å²) in [7, 11) is 0. The molecule has 100 valence electrons. The van der Waals surface area contributed by atoms with Crippen molar-refractivity contribution in [2.24, 2.45) is 11.8 Å². The van der Waals surface area contributed by atoms with Crippen LogP contribution in [0.3, 0.4) is 0 Å². The molecule has 0 aliphatic carbocycles. The van der Waals surface area contributed by atoms with E-state index in [1.54, 1.807) is 6.33 Å². The lowest BCUT2D eigenvalue weighted by Gasteiger charge is -2.21. The van der Waals surface area contributed by atoms with Crippen LogP contribution in [0.2, 0.25) is 0 Å². The summed E-state index contributed by atoms with van der Waals surface area (Å²) in [6.45, 7) is 6.57. The van der Waals surface area contributed by atoms with Gasteiger partial charge in [0.1, 0.15) is 18.0 Å². The van der Waals surface area contributed by atoms with Crippen LogP contribution in [0.4, 0.5) is 11.6 Å². The molecule has 0 spiro atoms. The summed E-state index contributed by atoms with van der Waals surface area (Å²) in [4.78, 5) is 11.0. The largest absolute Gasteiger partial charge is 0.356 e. The minimum absolute atomic E-state index is 0.751. The Morgan fingerprint density at radius 3 is 2.94 bits per heavy atom. The third-order valence-corrected chi connectivity index (χ3v) is 3.70. The Labute approximate surface area is 109 Å². The summed E-state index contributed by atoms with van der Waals surface area (Å²) in [5, 5.41) is 0. The van der Waals surface area contributed by atoms with E-state index in [1.807, 2.05) is 0 Å². The fourth-order valence-corrected chi connectivity index (χ4v) is 2.79. The van der Waals surface area contributed by atoms with Crippen molar-refractivity contribution < 1.29 is 0 Å². The summed E-state index contributed by atoms with van der Waals surface area (Å²) in [5.74, 6) is 8.13. The zero-order valence-corrected chi connectivity index (χ0v) is 11.3. The molecule has 2 heterocycles. The Bertz CT molecular complexity index is 393. The van der Waals surface area contributed by atoms with Crippen molar-refractivity contribution in [1.82, 2.24) is 9.97 Å². The Balaban J connectivity index is 2.18. The summed E-state index contributed by atoms with van der Waals surface area (Å²) < 4.78 is 0. The SMILES string of the molecule is CCCC1CCN(c2ncnc(NN)c2CC)C1. The van der Waals surface area contributed by atoms with E-state index < -0.39 is 0 Å². The van der Waals surface area contributed by atoms with E-state index in [0.717, 1.165) is 42.6 Å². The first-order chi connectivity index (χ1) is 8.80. The molecule has 0 radical (unpaired) electrons. The molecule has 1 saturated heterocycles. The zero-order valence-electron chi connectivity index (χ0n) is 11.3. The van der Waals surface area contributed by atoms with E-state index in [2.05, 4.69) is 34.1 Å². The molecule has 0 amide bonds. The number of aromatic nitrogens is 2. The second-order valence-electron chi connectivity index (χ2n) is 4.91. The van der Waals surface area contributed by atoms with Crippen LogP contribution in [0.25, 0.3) is 0 Å². The van der Waals surface area contributed by atoms with Crippen LogP contribution in [0.5, 0.6) is 0 Å². The Morgan fingerprint density at radius 1 is 1.44 bits per heavy atom. The van der Waals surface area contributed by atoms with E-state index in [4.69, 9.17) is 5.84 Å². The second-order valence-corrected chi connectivity index (χ2v) is 4.91. The number of nitrogen functional groups attached to an aromatic ring is 1. The van der Waals surface area contributed by atoms with E-state index in [-0.39, 0.29) is 0 Å². The van der Waals surface area contributed by atoms with Crippen molar-refractivity contribution in [2.45, 2.75) is 39.5 Å². The molecule has 1 fully saturated rings. The van der Waals surface area contributed by atoms with Gasteiger partial charge in [0.2, 0.25) is 0 Å². The number of hydrazine groups is 1. The molecule has 2 rings (SSSR count). The van der Waals surface area contributed by atoms with Gasteiger partial charge in [-0.1, -0.05) is 20.3 Å². The summed E-state index contributed by atoms with van der Waals surface area (Å²) >= 11 is 0. The lowest BCUT2D eigenvalue weighted by molar-refractivity contribution is 0.529. The topological polar surface area (TPSA) is 67.1 Å². The number of nitrogens with zero attached hydrogens (tertiary/aromatic N) is 3. The van der Waals surface area contributed by atoms with Crippen molar-refractivity contribution >= 4 is 11.6 Å². The number of hydrogen-bond acceptors (Lipinski definition) is 5. The van der Waals surface area contributed by atoms with Crippen molar-refractivity contribution in [1.29, 1.82) is 0 Å². The molecule has 3 N–H and O–H groups in total. The fraction of sp³-hybridized carbons (Fsp3) is 0.692. The average molecular weight is 249 g/mol. The maximum absolute atomic E-state index is 5.51. The van der Waals surface area contributed by atoms with E-state index >= 15 is 0 Å². The predicted molar refractivity (Wildman–Crippen MR) is 74.4 cm³/mol. The zero-order chi connectivity index (χ0) is 13.0. The minimum Gasteiger partial charge on any atom is -0.356 e. The van der Waals surface area contributed by atoms with Gasteiger partial charge in [-0.25, -0.2) is 15.8 Å². The second kappa shape index (κ2) is 6.00. The number of nitrogens with two attached hydrogens (primary N) is 1. The van der Waals surface area contributed by atoms with Gasteiger partial charge in [0.25, 0.3) is 0 Å². The molecule has 0 bridgehead atoms. The standard InChI is InChI=1S/C13H23N5/c1-3-5-10-6-7-18(8-10)13-11(4-2)12(17-14)15-9-16-13/h9-10H,3-8,14H2,1-2H3,(H,15,16,17). The number of nitrogens with one attached hydrogen (secondary N) is 1. The molecule has 1 aliphatic rings. The minimum atomic E-state index is 0.751. The van der Waals surface area contributed by atoms with Gasteiger partial charge in [-0.15, -0.1) is 0 Å². The maximum atomic E-state index is 5.51. The molecule has 1 unspecified atom stereocenters. The molecule has 1 aromatic rings. The summed E-state index contributed by atoms with van der Waals surface area (Å²) in [6.07, 6.45) is 6.33. The normalized spacial score (nSPS) is 19.3. The third kappa shape index (κ3) is 2.56. The first-order valence-corrected chi connectivity index (χ1v) is 6.85. The quantitative estimate of drug-likeness (QED) is 0.616. The predicted octanol–water partition coefficient (Wildman–Crippen LogP) is 1.95. The van der Waals surface area contributed by atoms with Crippen LogP contribution in [-0.4, -0.2) is 23.1 Å². The number of anilines is 2. The molecule has 5 nitrogen and oxygen atoms in total. The van der Waals surface area contributed by atoms with E-state index in [1.165, 1.54) is 19.3 Å². The lowest BCUT2D eigenvalue weighted by Crippen LogP contribution is -2.24. The van der Waals surface area contributed by atoms with E-state index in [9.17, 15) is 0 Å². The summed E-state index contributed by atoms with van der Waals surface area (Å²) in [5.41, 5.74) is 3.79. The van der Waals surface area contributed by atoms with Crippen LogP contribution < -0.4 is 16.2 Å².